The number of halogens is 2. The Morgan fingerprint density at radius 1 is 1.21 bits per heavy atom. The zero-order valence-corrected chi connectivity index (χ0v) is 19.6. The zero-order valence-electron chi connectivity index (χ0n) is 18.8. The third kappa shape index (κ3) is 4.12. The largest absolute Gasteiger partial charge is 0.353 e. The summed E-state index contributed by atoms with van der Waals surface area (Å²) in [7, 11) is -3.18. The predicted octanol–water partition coefficient (Wildman–Crippen LogP) is 1.60. The van der Waals surface area contributed by atoms with E-state index in [2.05, 4.69) is 20.6 Å². The van der Waals surface area contributed by atoms with Crippen LogP contribution in [0.2, 0.25) is 0 Å². The molecular formula is C21H29F2N7O2S. The van der Waals surface area contributed by atoms with E-state index in [1.807, 2.05) is 17.9 Å². The van der Waals surface area contributed by atoms with Gasteiger partial charge in [0.2, 0.25) is 16.0 Å². The minimum atomic E-state index is -3.18. The molecule has 0 atom stereocenters. The summed E-state index contributed by atoms with van der Waals surface area (Å²) in [5, 5.41) is 6.93. The van der Waals surface area contributed by atoms with Crippen LogP contribution in [-0.2, 0) is 10.0 Å². The van der Waals surface area contributed by atoms with Crippen molar-refractivity contribution in [2.45, 2.75) is 38.2 Å². The molecule has 0 bridgehead atoms. The molecule has 9 nitrogen and oxygen atoms in total. The van der Waals surface area contributed by atoms with Gasteiger partial charge in [0.05, 0.1) is 18.2 Å². The summed E-state index contributed by atoms with van der Waals surface area (Å²) in [6, 6.07) is 1.95. The molecule has 2 aromatic rings. The highest BCUT2D eigenvalue weighted by molar-refractivity contribution is 7.88. The first kappa shape index (κ1) is 22.6. The Kier molecular flexibility index (Phi) is 5.44. The van der Waals surface area contributed by atoms with E-state index in [0.29, 0.717) is 56.2 Å². The molecular weight excluding hydrogens is 452 g/mol. The van der Waals surface area contributed by atoms with Crippen molar-refractivity contribution in [1.29, 1.82) is 0 Å². The number of nitrogens with zero attached hydrogens (tertiary/aromatic N) is 5. The Morgan fingerprint density at radius 3 is 2.61 bits per heavy atom. The second-order valence-corrected chi connectivity index (χ2v) is 11.5. The molecule has 3 aliphatic heterocycles. The maximum atomic E-state index is 14.6. The molecule has 2 N–H and O–H groups in total. The number of hydrogen-bond donors (Lipinski definition) is 2. The van der Waals surface area contributed by atoms with Gasteiger partial charge in [-0.05, 0) is 38.8 Å². The first-order chi connectivity index (χ1) is 15.6. The lowest BCUT2D eigenvalue weighted by Crippen LogP contribution is -2.70. The molecule has 5 rings (SSSR count). The second-order valence-electron chi connectivity index (χ2n) is 9.57. The Hall–Kier alpha value is -2.18. The molecule has 5 heterocycles. The standard InChI is InChI=1S/C21H29F2N7O2S/c1-14-9-15-10-25-19(27-16-3-7-30(8-4-16)33(2,31)32)28-17(15)18(26-14)29-12-20(13-29)5-6-24-11-21(20,22)23/h9-10,16,24H,3-8,11-13H2,1-2H3,(H,25,27,28). The topological polar surface area (TPSA) is 103 Å². The van der Waals surface area contributed by atoms with Crippen LogP contribution in [0.5, 0.6) is 0 Å². The number of alkyl halides is 2. The van der Waals surface area contributed by atoms with Crippen LogP contribution in [0.25, 0.3) is 10.9 Å². The van der Waals surface area contributed by atoms with Gasteiger partial charge in [-0.3, -0.25) is 0 Å². The number of aryl methyl sites for hydroxylation is 1. The van der Waals surface area contributed by atoms with Crippen molar-refractivity contribution in [3.8, 4) is 0 Å². The SMILES string of the molecule is Cc1cc2cnc(NC3CCN(S(C)(=O)=O)CC3)nc2c(N2CC3(CCNCC3(F)F)C2)n1. The van der Waals surface area contributed by atoms with E-state index in [9.17, 15) is 17.2 Å². The van der Waals surface area contributed by atoms with Crippen LogP contribution in [0.4, 0.5) is 20.5 Å². The van der Waals surface area contributed by atoms with Crippen molar-refractivity contribution in [1.82, 2.24) is 24.6 Å². The number of piperidine rings is 2. The smallest absolute Gasteiger partial charge is 0.269 e. The fourth-order valence-electron chi connectivity index (χ4n) is 5.12. The highest BCUT2D eigenvalue weighted by atomic mass is 32.2. The van der Waals surface area contributed by atoms with Crippen LogP contribution in [0.1, 0.15) is 25.0 Å². The number of sulfonamides is 1. The predicted molar refractivity (Wildman–Crippen MR) is 122 cm³/mol. The minimum Gasteiger partial charge on any atom is -0.353 e. The van der Waals surface area contributed by atoms with Gasteiger partial charge < -0.3 is 15.5 Å². The molecule has 3 aliphatic rings. The number of rotatable bonds is 4. The molecule has 0 unspecified atom stereocenters. The molecule has 12 heteroatoms. The van der Waals surface area contributed by atoms with Gasteiger partial charge in [-0.2, -0.15) is 0 Å². The van der Waals surface area contributed by atoms with Crippen molar-refractivity contribution in [3.05, 3.63) is 18.0 Å². The molecule has 0 saturated carbocycles. The van der Waals surface area contributed by atoms with E-state index >= 15 is 0 Å². The van der Waals surface area contributed by atoms with Gasteiger partial charge in [0.1, 0.15) is 5.52 Å². The Bertz CT molecular complexity index is 1160. The lowest BCUT2D eigenvalue weighted by atomic mass is 9.69. The zero-order chi connectivity index (χ0) is 23.4. The van der Waals surface area contributed by atoms with Crippen LogP contribution < -0.4 is 15.5 Å². The Morgan fingerprint density at radius 2 is 1.94 bits per heavy atom. The summed E-state index contributed by atoms with van der Waals surface area (Å²) >= 11 is 0. The Balaban J connectivity index is 1.36. The van der Waals surface area contributed by atoms with E-state index in [1.165, 1.54) is 10.6 Å². The normalized spacial score (nSPS) is 23.6. The molecule has 0 aliphatic carbocycles. The van der Waals surface area contributed by atoms with Crippen LogP contribution in [0.15, 0.2) is 12.3 Å². The second kappa shape index (κ2) is 7.95. The first-order valence-corrected chi connectivity index (χ1v) is 13.1. The summed E-state index contributed by atoms with van der Waals surface area (Å²) in [6.07, 6.45) is 4.71. The summed E-state index contributed by atoms with van der Waals surface area (Å²) in [4.78, 5) is 15.7. The van der Waals surface area contributed by atoms with Crippen LogP contribution in [0.3, 0.4) is 0 Å². The minimum absolute atomic E-state index is 0.0583. The molecule has 1 spiro atoms. The average Bonchev–Trinajstić information content (AvgIpc) is 2.72. The molecule has 0 radical (unpaired) electrons. The quantitative estimate of drug-likeness (QED) is 0.679. The summed E-state index contributed by atoms with van der Waals surface area (Å²) in [5.41, 5.74) is 0.407. The molecule has 0 amide bonds. The first-order valence-electron chi connectivity index (χ1n) is 11.3. The average molecular weight is 482 g/mol. The fraction of sp³-hybridized carbons (Fsp3) is 0.667. The lowest BCUT2D eigenvalue weighted by molar-refractivity contribution is -0.151. The van der Waals surface area contributed by atoms with Gasteiger partial charge in [-0.1, -0.05) is 0 Å². The van der Waals surface area contributed by atoms with Gasteiger partial charge in [-0.15, -0.1) is 0 Å². The van der Waals surface area contributed by atoms with Crippen LogP contribution in [0, 0.1) is 12.3 Å². The number of aromatic nitrogens is 3. The monoisotopic (exact) mass is 481 g/mol. The number of anilines is 2. The molecule has 33 heavy (non-hydrogen) atoms. The van der Waals surface area contributed by atoms with Crippen molar-refractivity contribution < 1.29 is 17.2 Å². The van der Waals surface area contributed by atoms with Gasteiger partial charge >= 0.3 is 0 Å². The van der Waals surface area contributed by atoms with Crippen molar-refractivity contribution in [2.75, 3.05) is 55.7 Å². The molecule has 180 valence electrons. The molecule has 0 aromatic carbocycles. The van der Waals surface area contributed by atoms with Gasteiger partial charge in [0.15, 0.2) is 5.82 Å². The third-order valence-electron chi connectivity index (χ3n) is 7.12. The highest BCUT2D eigenvalue weighted by Gasteiger charge is 2.61. The third-order valence-corrected chi connectivity index (χ3v) is 8.42. The maximum absolute atomic E-state index is 14.6. The number of fused-ring (bicyclic) bond motifs is 1. The summed E-state index contributed by atoms with van der Waals surface area (Å²) in [6.45, 7) is 3.61. The van der Waals surface area contributed by atoms with Crippen molar-refractivity contribution in [3.63, 3.8) is 0 Å². The van der Waals surface area contributed by atoms with E-state index in [-0.39, 0.29) is 25.7 Å². The van der Waals surface area contributed by atoms with E-state index in [0.717, 1.165) is 11.1 Å². The van der Waals surface area contributed by atoms with Crippen molar-refractivity contribution in [2.24, 2.45) is 5.41 Å². The van der Waals surface area contributed by atoms with Crippen molar-refractivity contribution >= 4 is 32.7 Å². The van der Waals surface area contributed by atoms with Gasteiger partial charge in [-0.25, -0.2) is 36.5 Å². The molecule has 2 aromatic heterocycles. The van der Waals surface area contributed by atoms with Crippen LogP contribution in [-0.4, -0.2) is 85.2 Å². The summed E-state index contributed by atoms with van der Waals surface area (Å²) < 4.78 is 54.2. The lowest BCUT2D eigenvalue weighted by Gasteiger charge is -2.56. The highest BCUT2D eigenvalue weighted by Crippen LogP contribution is 2.50. The van der Waals surface area contributed by atoms with E-state index < -0.39 is 21.4 Å². The fourth-order valence-corrected chi connectivity index (χ4v) is 6.00. The number of nitrogens with one attached hydrogen (secondary N) is 2. The summed E-state index contributed by atoms with van der Waals surface area (Å²) in [5.74, 6) is -1.69. The van der Waals surface area contributed by atoms with Crippen LogP contribution >= 0.6 is 0 Å². The van der Waals surface area contributed by atoms with E-state index in [4.69, 9.17) is 4.98 Å². The number of hydrogen-bond acceptors (Lipinski definition) is 8. The van der Waals surface area contributed by atoms with E-state index in [1.54, 1.807) is 6.20 Å². The maximum Gasteiger partial charge on any atom is 0.269 e. The van der Waals surface area contributed by atoms with Gasteiger partial charge in [0.25, 0.3) is 5.92 Å². The molecule has 3 saturated heterocycles. The Labute approximate surface area is 192 Å². The number of pyridine rings is 1. The molecule has 3 fully saturated rings. The van der Waals surface area contributed by atoms with Gasteiger partial charge in [0, 0.05) is 49.5 Å².